The van der Waals surface area contributed by atoms with Gasteiger partial charge in [-0.25, -0.2) is 8.51 Å². The number of nitrogens with two attached hydrogens (primary N) is 1. The zero-order valence-electron chi connectivity index (χ0n) is 19.2. The molecule has 0 radical (unpaired) electrons. The van der Waals surface area contributed by atoms with Crippen LogP contribution in [0, 0.1) is 5.92 Å². The van der Waals surface area contributed by atoms with E-state index < -0.39 is 11.0 Å². The monoisotopic (exact) mass is 472 g/mol. The highest BCUT2D eigenvalue weighted by Gasteiger charge is 2.28. The number of nitrogens with one attached hydrogen (secondary N) is 1. The van der Waals surface area contributed by atoms with Crippen LogP contribution in [0.15, 0.2) is 24.3 Å². The summed E-state index contributed by atoms with van der Waals surface area (Å²) in [5, 5.41) is 2.79. The number of unbranched alkanes of at least 4 members (excludes halogenated alkanes) is 1. The van der Waals surface area contributed by atoms with Gasteiger partial charge < -0.3 is 20.7 Å². The van der Waals surface area contributed by atoms with E-state index >= 15 is 0 Å². The normalized spacial score (nSPS) is 16.5. The van der Waals surface area contributed by atoms with Crippen molar-refractivity contribution in [1.29, 1.82) is 0 Å². The van der Waals surface area contributed by atoms with Crippen LogP contribution in [0.3, 0.4) is 0 Å². The van der Waals surface area contributed by atoms with Crippen LogP contribution in [0.4, 0.5) is 17.3 Å². The number of fused-ring (bicyclic) bond motifs is 1. The minimum Gasteiger partial charge on any atom is -0.463 e. The topological polar surface area (TPSA) is 114 Å². The van der Waals surface area contributed by atoms with Crippen molar-refractivity contribution in [2.75, 3.05) is 41.9 Å². The van der Waals surface area contributed by atoms with Gasteiger partial charge in [0.05, 0.1) is 24.1 Å². The Morgan fingerprint density at radius 2 is 2.09 bits per heavy atom. The molecule has 4 rings (SSSR count). The zero-order valence-corrected chi connectivity index (χ0v) is 20.1. The number of aromatic nitrogens is 2. The summed E-state index contributed by atoms with van der Waals surface area (Å²) in [6.45, 7) is 4.74. The first-order valence-electron chi connectivity index (χ1n) is 11.4. The van der Waals surface area contributed by atoms with Gasteiger partial charge in [0, 0.05) is 25.9 Å². The molecule has 0 spiro atoms. The fourth-order valence-corrected chi connectivity index (χ4v) is 4.57. The molecule has 1 aromatic heterocycles. The van der Waals surface area contributed by atoms with E-state index in [1.807, 2.05) is 27.4 Å². The van der Waals surface area contributed by atoms with Crippen LogP contribution < -0.4 is 20.7 Å². The molecule has 2 heterocycles. The van der Waals surface area contributed by atoms with E-state index in [9.17, 15) is 9.00 Å². The van der Waals surface area contributed by atoms with E-state index in [4.69, 9.17) is 10.5 Å². The Hall–Kier alpha value is -2.72. The third kappa shape index (κ3) is 6.20. The Morgan fingerprint density at radius 1 is 1.30 bits per heavy atom. The van der Waals surface area contributed by atoms with Crippen molar-refractivity contribution >= 4 is 34.2 Å². The maximum absolute atomic E-state index is 12.3. The van der Waals surface area contributed by atoms with E-state index in [1.165, 1.54) is 12.8 Å². The highest BCUT2D eigenvalue weighted by Crippen LogP contribution is 2.34. The largest absolute Gasteiger partial charge is 0.463 e. The van der Waals surface area contributed by atoms with Crippen LogP contribution in [-0.4, -0.2) is 50.3 Å². The molecule has 1 aromatic carbocycles. The molecule has 33 heavy (non-hydrogen) atoms. The highest BCUT2D eigenvalue weighted by atomic mass is 32.2. The molecule has 3 N–H and O–H groups in total. The second-order valence-electron chi connectivity index (χ2n) is 8.71. The number of hydrogen-bond acceptors (Lipinski definition) is 7. The van der Waals surface area contributed by atoms with Crippen LogP contribution >= 0.6 is 0 Å². The molecular weight excluding hydrogens is 440 g/mol. The lowest BCUT2D eigenvalue weighted by atomic mass is 10.1. The third-order valence-electron chi connectivity index (χ3n) is 5.77. The summed E-state index contributed by atoms with van der Waals surface area (Å²) in [6.07, 6.45) is 6.08. The number of rotatable bonds is 11. The second kappa shape index (κ2) is 10.5. The van der Waals surface area contributed by atoms with Gasteiger partial charge in [-0.3, -0.25) is 4.79 Å². The standard InChI is InChI=1S/C23H32N6O3S/c1-3-4-10-32-23-26-21(24)20-22(27-23)28(15-19(30)25-20)12-17-6-5-7-18(11-17)14-29(33(2)31)13-16-8-9-16/h5-7,11,16H,3-4,8-10,12-15H2,1-2H3,(H,25,30)(H2,24,26,27). The number of benzene rings is 1. The lowest BCUT2D eigenvalue weighted by Gasteiger charge is -2.30. The van der Waals surface area contributed by atoms with Gasteiger partial charge in [0.25, 0.3) is 0 Å². The number of carbonyl (C=O) groups is 1. The molecular formula is C23H32N6O3S. The smallest absolute Gasteiger partial charge is 0.320 e. The molecule has 0 bridgehead atoms. The molecule has 1 saturated carbocycles. The number of amides is 1. The molecule has 1 aliphatic carbocycles. The van der Waals surface area contributed by atoms with E-state index in [1.54, 1.807) is 6.26 Å². The van der Waals surface area contributed by atoms with Crippen molar-refractivity contribution in [3.05, 3.63) is 35.4 Å². The number of carbonyl (C=O) groups excluding carboxylic acids is 1. The first-order chi connectivity index (χ1) is 15.9. The number of ether oxygens (including phenoxy) is 1. The molecule has 1 amide bonds. The third-order valence-corrected chi connectivity index (χ3v) is 6.78. The van der Waals surface area contributed by atoms with Crippen molar-refractivity contribution in [2.45, 2.75) is 45.7 Å². The summed E-state index contributed by atoms with van der Waals surface area (Å²) in [5.41, 5.74) is 8.66. The molecule has 1 aliphatic heterocycles. The molecule has 0 saturated heterocycles. The van der Waals surface area contributed by atoms with Crippen molar-refractivity contribution in [3.63, 3.8) is 0 Å². The average molecular weight is 473 g/mol. The summed E-state index contributed by atoms with van der Waals surface area (Å²) in [6, 6.07) is 8.38. The Labute approximate surface area is 197 Å². The van der Waals surface area contributed by atoms with E-state index in [2.05, 4.69) is 28.3 Å². The summed E-state index contributed by atoms with van der Waals surface area (Å²) < 4.78 is 19.9. The van der Waals surface area contributed by atoms with Crippen LogP contribution in [-0.2, 0) is 28.9 Å². The fourth-order valence-electron chi connectivity index (χ4n) is 3.82. The summed E-state index contributed by atoms with van der Waals surface area (Å²) in [5.74, 6) is 1.26. The Morgan fingerprint density at radius 3 is 2.82 bits per heavy atom. The van der Waals surface area contributed by atoms with Gasteiger partial charge >= 0.3 is 6.01 Å². The van der Waals surface area contributed by atoms with Gasteiger partial charge in [-0.2, -0.15) is 9.97 Å². The molecule has 2 aromatic rings. The van der Waals surface area contributed by atoms with E-state index in [0.29, 0.717) is 37.1 Å². The maximum Gasteiger partial charge on any atom is 0.320 e. The van der Waals surface area contributed by atoms with E-state index in [-0.39, 0.29) is 24.3 Å². The van der Waals surface area contributed by atoms with Crippen molar-refractivity contribution in [3.8, 4) is 6.01 Å². The number of nitrogens with zero attached hydrogens (tertiary/aromatic N) is 4. The summed E-state index contributed by atoms with van der Waals surface area (Å²) in [4.78, 5) is 23.0. The first kappa shape index (κ1) is 23.4. The molecule has 1 unspecified atom stereocenters. The molecule has 2 aliphatic rings. The van der Waals surface area contributed by atoms with Crippen LogP contribution in [0.1, 0.15) is 43.7 Å². The van der Waals surface area contributed by atoms with Gasteiger partial charge in [-0.05, 0) is 36.3 Å². The molecule has 9 nitrogen and oxygen atoms in total. The van der Waals surface area contributed by atoms with Gasteiger partial charge in [-0.15, -0.1) is 0 Å². The lowest BCUT2D eigenvalue weighted by Crippen LogP contribution is -2.39. The molecule has 10 heteroatoms. The Balaban J connectivity index is 1.52. The Bertz CT molecular complexity index is 1030. The number of anilines is 3. The van der Waals surface area contributed by atoms with Gasteiger partial charge in [-0.1, -0.05) is 37.6 Å². The predicted molar refractivity (Wildman–Crippen MR) is 130 cm³/mol. The van der Waals surface area contributed by atoms with Crippen molar-refractivity contribution in [2.24, 2.45) is 5.92 Å². The minimum atomic E-state index is -1.02. The zero-order chi connectivity index (χ0) is 23.4. The fraction of sp³-hybridized carbons (Fsp3) is 0.522. The van der Waals surface area contributed by atoms with Crippen LogP contribution in [0.5, 0.6) is 6.01 Å². The SMILES string of the molecule is CCCCOc1nc(N)c2c(n1)N(Cc1cccc(CN(CC3CC3)S(C)=O)c1)CC(=O)N2. The minimum absolute atomic E-state index is 0.161. The van der Waals surface area contributed by atoms with Gasteiger partial charge in [0.1, 0.15) is 5.69 Å². The van der Waals surface area contributed by atoms with Crippen molar-refractivity contribution in [1.82, 2.24) is 14.3 Å². The quantitative estimate of drug-likeness (QED) is 0.483. The number of hydrogen-bond donors (Lipinski definition) is 2. The number of nitrogen functional groups attached to an aromatic ring is 1. The maximum atomic E-state index is 12.3. The predicted octanol–water partition coefficient (Wildman–Crippen LogP) is 2.70. The van der Waals surface area contributed by atoms with E-state index in [0.717, 1.165) is 30.5 Å². The average Bonchev–Trinajstić information content (AvgIpc) is 3.59. The molecule has 178 valence electrons. The van der Waals surface area contributed by atoms with Crippen LogP contribution in [0.25, 0.3) is 0 Å². The molecule has 1 atom stereocenters. The van der Waals surface area contributed by atoms with Crippen molar-refractivity contribution < 1.29 is 13.7 Å². The first-order valence-corrected chi connectivity index (χ1v) is 13.0. The lowest BCUT2D eigenvalue weighted by molar-refractivity contribution is -0.115. The van der Waals surface area contributed by atoms with Gasteiger partial charge in [0.2, 0.25) is 5.91 Å². The molecule has 1 fully saturated rings. The highest BCUT2D eigenvalue weighted by molar-refractivity contribution is 7.81. The van der Waals surface area contributed by atoms with Crippen LogP contribution in [0.2, 0.25) is 0 Å². The van der Waals surface area contributed by atoms with Gasteiger partial charge in [0.15, 0.2) is 11.6 Å². The summed E-state index contributed by atoms with van der Waals surface area (Å²) >= 11 is 0. The second-order valence-corrected chi connectivity index (χ2v) is 10.1. The Kier molecular flexibility index (Phi) is 7.44. The summed E-state index contributed by atoms with van der Waals surface area (Å²) in [7, 11) is -1.02.